The van der Waals surface area contributed by atoms with Gasteiger partial charge in [0.2, 0.25) is 15.7 Å². The Labute approximate surface area is 213 Å². The van der Waals surface area contributed by atoms with E-state index in [-0.39, 0.29) is 0 Å². The third-order valence-electron chi connectivity index (χ3n) is 5.67. The van der Waals surface area contributed by atoms with Crippen molar-refractivity contribution < 1.29 is 13.2 Å². The molecule has 1 aromatic heterocycles. The lowest BCUT2D eigenvalue weighted by Crippen LogP contribution is -2.24. The molecule has 1 aromatic carbocycles. The zero-order chi connectivity index (χ0) is 26.0. The Hall–Kier alpha value is -2.79. The van der Waals surface area contributed by atoms with E-state index in [0.717, 1.165) is 49.8 Å². The van der Waals surface area contributed by atoms with Crippen molar-refractivity contribution in [2.75, 3.05) is 49.8 Å². The molecule has 0 aliphatic carbocycles. The van der Waals surface area contributed by atoms with Crippen LogP contribution in [0.15, 0.2) is 29.3 Å². The molecule has 0 bridgehead atoms. The number of hydrogen-bond donors (Lipinski definition) is 0. The molecule has 1 heterocycles. The first-order valence-corrected chi connectivity index (χ1v) is 14.2. The number of aromatic nitrogens is 1. The minimum Gasteiger partial charge on any atom is -0.385 e. The average molecular weight is 516 g/mol. The normalized spacial score (nSPS) is 11.1. The van der Waals surface area contributed by atoms with Crippen LogP contribution in [0.3, 0.4) is 0 Å². The van der Waals surface area contributed by atoms with Gasteiger partial charge in [0, 0.05) is 40.1 Å². The van der Waals surface area contributed by atoms with Gasteiger partial charge < -0.3 is 9.64 Å². The molecule has 0 spiro atoms. The Balaban J connectivity index is 2.28. The van der Waals surface area contributed by atoms with E-state index < -0.39 is 10.0 Å². The van der Waals surface area contributed by atoms with Crippen LogP contribution in [0.25, 0.3) is 4.85 Å². The second-order valence-electron chi connectivity index (χ2n) is 8.18. The molecule has 0 aliphatic rings. The van der Waals surface area contributed by atoms with E-state index >= 15 is 0 Å². The summed E-state index contributed by atoms with van der Waals surface area (Å²) in [6.45, 7) is 11.2. The summed E-state index contributed by atoms with van der Waals surface area (Å²) in [4.78, 5) is 10.5. The van der Waals surface area contributed by atoms with Crippen LogP contribution in [0.1, 0.15) is 42.9 Å². The minimum absolute atomic E-state index is 0.445. The van der Waals surface area contributed by atoms with E-state index in [1.807, 2.05) is 31.0 Å². The Bertz CT molecular complexity index is 1190. The van der Waals surface area contributed by atoms with Gasteiger partial charge in [0.15, 0.2) is 0 Å². The van der Waals surface area contributed by atoms with Crippen LogP contribution in [0.5, 0.6) is 0 Å². The first-order valence-electron chi connectivity index (χ1n) is 11.4. The number of thioether (sulfide) groups is 1. The number of anilines is 2. The first-order chi connectivity index (χ1) is 16.7. The van der Waals surface area contributed by atoms with E-state index in [1.54, 1.807) is 19.2 Å². The van der Waals surface area contributed by atoms with Crippen molar-refractivity contribution in [2.24, 2.45) is 0 Å². The lowest BCUT2D eigenvalue weighted by Gasteiger charge is -2.23. The van der Waals surface area contributed by atoms with Gasteiger partial charge in [-0.15, -0.1) is 11.8 Å². The molecule has 2 rings (SSSR count). The molecule has 0 N–H and O–H groups in total. The number of nitrogens with zero attached hydrogens (tertiary/aromatic N) is 5. The van der Waals surface area contributed by atoms with Gasteiger partial charge in [-0.2, -0.15) is 5.26 Å². The predicted octanol–water partition coefficient (Wildman–Crippen LogP) is 5.01. The summed E-state index contributed by atoms with van der Waals surface area (Å²) in [7, 11) is 1.82. The second kappa shape index (κ2) is 13.3. The van der Waals surface area contributed by atoms with Crippen LogP contribution in [-0.2, 0) is 26.9 Å². The van der Waals surface area contributed by atoms with Crippen molar-refractivity contribution in [2.45, 2.75) is 43.4 Å². The fourth-order valence-corrected chi connectivity index (χ4v) is 5.02. The number of benzene rings is 1. The standard InChI is InChI=1S/C25H33N5O3S2/c1-7-21-22(17-26)25(28-24(23(21)27-2)29(3)15-9-8-10-16-33-5)34-18-19-11-13-20(14-12-19)30(4)35(6,31)32/h11-14H,7-10,15-16,18H2,1,3-6H3. The highest BCUT2D eigenvalue weighted by molar-refractivity contribution is 7.98. The minimum atomic E-state index is -3.32. The van der Waals surface area contributed by atoms with E-state index in [0.29, 0.717) is 40.0 Å². The number of nitriles is 1. The molecular weight excluding hydrogens is 482 g/mol. The summed E-state index contributed by atoms with van der Waals surface area (Å²) in [5.41, 5.74) is 3.19. The Morgan fingerprint density at radius 2 is 1.89 bits per heavy atom. The molecule has 0 saturated carbocycles. The summed E-state index contributed by atoms with van der Waals surface area (Å²) in [5, 5.41) is 10.5. The van der Waals surface area contributed by atoms with Crippen molar-refractivity contribution in [3.63, 3.8) is 0 Å². The van der Waals surface area contributed by atoms with E-state index in [4.69, 9.17) is 16.3 Å². The van der Waals surface area contributed by atoms with Crippen molar-refractivity contribution in [3.8, 4) is 6.07 Å². The maximum Gasteiger partial charge on any atom is 0.232 e. The highest BCUT2D eigenvalue weighted by Gasteiger charge is 2.21. The first kappa shape index (κ1) is 28.4. The highest BCUT2D eigenvalue weighted by atomic mass is 32.2. The third-order valence-corrected chi connectivity index (χ3v) is 7.93. The van der Waals surface area contributed by atoms with E-state index in [9.17, 15) is 13.7 Å². The number of ether oxygens (including phenoxy) is 1. The topological polar surface area (TPSA) is 90.9 Å². The van der Waals surface area contributed by atoms with Gasteiger partial charge >= 0.3 is 0 Å². The van der Waals surface area contributed by atoms with Gasteiger partial charge in [0.1, 0.15) is 16.9 Å². The number of hydrogen-bond acceptors (Lipinski definition) is 7. The van der Waals surface area contributed by atoms with Gasteiger partial charge in [0.25, 0.3) is 0 Å². The van der Waals surface area contributed by atoms with Gasteiger partial charge in [-0.1, -0.05) is 19.1 Å². The molecule has 0 aliphatic heterocycles. The molecule has 0 unspecified atom stereocenters. The third kappa shape index (κ3) is 7.60. The highest BCUT2D eigenvalue weighted by Crippen LogP contribution is 2.38. The smallest absolute Gasteiger partial charge is 0.232 e. The molecule has 0 radical (unpaired) electrons. The summed E-state index contributed by atoms with van der Waals surface area (Å²) >= 11 is 1.45. The number of pyridine rings is 1. The average Bonchev–Trinajstić information content (AvgIpc) is 2.85. The number of sulfonamides is 1. The molecule has 0 atom stereocenters. The van der Waals surface area contributed by atoms with Crippen LogP contribution in [0, 0.1) is 17.9 Å². The Morgan fingerprint density at radius 1 is 1.20 bits per heavy atom. The van der Waals surface area contributed by atoms with Crippen molar-refractivity contribution in [1.29, 1.82) is 5.26 Å². The summed E-state index contributed by atoms with van der Waals surface area (Å²) in [5.74, 6) is 1.17. The van der Waals surface area contributed by atoms with Crippen LogP contribution in [0.4, 0.5) is 17.2 Å². The number of methoxy groups -OCH3 is 1. The van der Waals surface area contributed by atoms with Gasteiger partial charge in [0.05, 0.1) is 24.1 Å². The largest absolute Gasteiger partial charge is 0.385 e. The maximum atomic E-state index is 11.8. The molecule has 188 valence electrons. The predicted molar refractivity (Wildman–Crippen MR) is 143 cm³/mol. The molecule has 0 saturated heterocycles. The fourth-order valence-electron chi connectivity index (χ4n) is 3.56. The molecule has 2 aromatic rings. The molecule has 8 nitrogen and oxygen atoms in total. The van der Waals surface area contributed by atoms with Crippen LogP contribution >= 0.6 is 11.8 Å². The van der Waals surface area contributed by atoms with Crippen LogP contribution in [-0.4, -0.2) is 54.0 Å². The van der Waals surface area contributed by atoms with Crippen molar-refractivity contribution in [1.82, 2.24) is 4.98 Å². The van der Waals surface area contributed by atoms with Crippen LogP contribution in [0.2, 0.25) is 0 Å². The SMILES string of the molecule is [C-]#[N+]c1c(N(C)CCCCCOC)nc(SCc2ccc(N(C)S(C)(=O)=O)cc2)c(C#N)c1CC. The summed E-state index contributed by atoms with van der Waals surface area (Å²) in [6.07, 6.45) is 4.70. The number of unbranched alkanes of at least 4 members (excludes halogenated alkanes) is 2. The van der Waals surface area contributed by atoms with E-state index in [2.05, 4.69) is 10.9 Å². The Kier molecular flexibility index (Phi) is 10.8. The monoisotopic (exact) mass is 515 g/mol. The maximum absolute atomic E-state index is 11.8. The fraction of sp³-hybridized carbons (Fsp3) is 0.480. The quantitative estimate of drug-likeness (QED) is 0.210. The lowest BCUT2D eigenvalue weighted by atomic mass is 10.1. The molecule has 35 heavy (non-hydrogen) atoms. The molecule has 10 heteroatoms. The van der Waals surface area contributed by atoms with Crippen molar-refractivity contribution >= 4 is 39.0 Å². The lowest BCUT2D eigenvalue weighted by molar-refractivity contribution is 0.192. The second-order valence-corrected chi connectivity index (χ2v) is 11.2. The Morgan fingerprint density at radius 3 is 2.43 bits per heavy atom. The van der Waals surface area contributed by atoms with Gasteiger partial charge in [-0.25, -0.2) is 18.2 Å². The van der Waals surface area contributed by atoms with Gasteiger partial charge in [-0.3, -0.25) is 4.31 Å². The zero-order valence-electron chi connectivity index (χ0n) is 21.0. The van der Waals surface area contributed by atoms with Gasteiger partial charge in [-0.05, 0) is 48.9 Å². The molecular formula is C25H33N5O3S2. The van der Waals surface area contributed by atoms with Crippen LogP contribution < -0.4 is 9.21 Å². The van der Waals surface area contributed by atoms with E-state index in [1.165, 1.54) is 23.1 Å². The number of rotatable bonds is 13. The molecule has 0 amide bonds. The summed E-state index contributed by atoms with van der Waals surface area (Å²) in [6, 6.07) is 9.54. The van der Waals surface area contributed by atoms with Crippen molar-refractivity contribution in [3.05, 3.63) is 52.4 Å². The zero-order valence-corrected chi connectivity index (χ0v) is 22.7. The molecule has 0 fully saturated rings. The summed E-state index contributed by atoms with van der Waals surface area (Å²) < 4.78 is 29.9.